The molecule has 0 unspecified atom stereocenters. The standard InChI is InChI=1S/C19H17N5/c1-13-7-9-14(10-8-13)17-11-16-18(23-20)21-12-22-19(16)24(17)15-5-3-2-4-6-15/h2-12H,20H2,1H3,(H,21,22,23). The van der Waals surface area contributed by atoms with Crippen molar-refractivity contribution in [1.82, 2.24) is 14.5 Å². The van der Waals surface area contributed by atoms with Gasteiger partial charge in [0.15, 0.2) is 11.5 Å². The van der Waals surface area contributed by atoms with Crippen molar-refractivity contribution in [3.05, 3.63) is 72.6 Å². The summed E-state index contributed by atoms with van der Waals surface area (Å²) in [5.74, 6) is 6.24. The highest BCUT2D eigenvalue weighted by Gasteiger charge is 2.16. The molecule has 4 aromatic rings. The number of fused-ring (bicyclic) bond motifs is 1. The summed E-state index contributed by atoms with van der Waals surface area (Å²) >= 11 is 0. The van der Waals surface area contributed by atoms with E-state index < -0.39 is 0 Å². The fraction of sp³-hybridized carbons (Fsp3) is 0.0526. The summed E-state index contributed by atoms with van der Waals surface area (Å²) < 4.78 is 2.13. The average Bonchev–Trinajstić information content (AvgIpc) is 3.02. The first-order chi connectivity index (χ1) is 11.8. The summed E-state index contributed by atoms with van der Waals surface area (Å²) in [7, 11) is 0. The van der Waals surface area contributed by atoms with Gasteiger partial charge in [-0.25, -0.2) is 15.8 Å². The molecule has 0 saturated carbocycles. The van der Waals surface area contributed by atoms with Gasteiger partial charge in [0.1, 0.15) is 6.33 Å². The molecule has 4 rings (SSSR count). The molecule has 118 valence electrons. The third kappa shape index (κ3) is 2.31. The van der Waals surface area contributed by atoms with Crippen molar-refractivity contribution in [3.63, 3.8) is 0 Å². The van der Waals surface area contributed by atoms with Crippen LogP contribution in [0.5, 0.6) is 0 Å². The fourth-order valence-corrected chi connectivity index (χ4v) is 2.90. The van der Waals surface area contributed by atoms with Crippen molar-refractivity contribution >= 4 is 16.9 Å². The van der Waals surface area contributed by atoms with E-state index in [0.29, 0.717) is 5.82 Å². The molecule has 2 aromatic heterocycles. The Hall–Kier alpha value is -3.18. The number of hydrazine groups is 1. The topological polar surface area (TPSA) is 68.8 Å². The van der Waals surface area contributed by atoms with Gasteiger partial charge in [-0.3, -0.25) is 4.57 Å². The quantitative estimate of drug-likeness (QED) is 0.447. The minimum atomic E-state index is 0.614. The van der Waals surface area contributed by atoms with Gasteiger partial charge < -0.3 is 5.43 Å². The molecule has 5 nitrogen and oxygen atoms in total. The fourth-order valence-electron chi connectivity index (χ4n) is 2.90. The summed E-state index contributed by atoms with van der Waals surface area (Å²) in [6.45, 7) is 2.08. The monoisotopic (exact) mass is 315 g/mol. The van der Waals surface area contributed by atoms with E-state index in [1.54, 1.807) is 0 Å². The second kappa shape index (κ2) is 5.79. The normalized spacial score (nSPS) is 10.9. The van der Waals surface area contributed by atoms with Gasteiger partial charge in [0, 0.05) is 5.69 Å². The maximum absolute atomic E-state index is 5.62. The highest BCUT2D eigenvalue weighted by molar-refractivity contribution is 5.93. The van der Waals surface area contributed by atoms with E-state index in [0.717, 1.165) is 28.0 Å². The Kier molecular flexibility index (Phi) is 3.48. The Bertz CT molecular complexity index is 988. The number of aromatic nitrogens is 3. The number of nitrogens with one attached hydrogen (secondary N) is 1. The molecule has 0 fully saturated rings. The van der Waals surface area contributed by atoms with Crippen molar-refractivity contribution in [3.8, 4) is 16.9 Å². The summed E-state index contributed by atoms with van der Waals surface area (Å²) in [6, 6.07) is 20.7. The number of hydrogen-bond donors (Lipinski definition) is 2. The van der Waals surface area contributed by atoms with Gasteiger partial charge in [0.25, 0.3) is 0 Å². The van der Waals surface area contributed by atoms with E-state index in [2.05, 4.69) is 69.3 Å². The first kappa shape index (κ1) is 14.4. The van der Waals surface area contributed by atoms with E-state index in [1.807, 2.05) is 18.2 Å². The average molecular weight is 315 g/mol. The zero-order chi connectivity index (χ0) is 16.5. The smallest absolute Gasteiger partial charge is 0.152 e. The Labute approximate surface area is 139 Å². The molecule has 2 aromatic carbocycles. The Morgan fingerprint density at radius 1 is 0.958 bits per heavy atom. The van der Waals surface area contributed by atoms with Gasteiger partial charge in [-0.15, -0.1) is 0 Å². The molecule has 0 aliphatic carbocycles. The Balaban J connectivity index is 2.06. The van der Waals surface area contributed by atoms with Crippen molar-refractivity contribution in [2.24, 2.45) is 5.84 Å². The van der Waals surface area contributed by atoms with Crippen LogP contribution in [-0.4, -0.2) is 14.5 Å². The van der Waals surface area contributed by atoms with Gasteiger partial charge in [-0.05, 0) is 30.7 Å². The molecule has 5 heteroatoms. The Morgan fingerprint density at radius 3 is 2.42 bits per heavy atom. The van der Waals surface area contributed by atoms with Crippen molar-refractivity contribution in [2.45, 2.75) is 6.92 Å². The molecular weight excluding hydrogens is 298 g/mol. The molecular formula is C19H17N5. The molecule has 0 atom stereocenters. The lowest BCUT2D eigenvalue weighted by atomic mass is 10.1. The zero-order valence-electron chi connectivity index (χ0n) is 13.3. The lowest BCUT2D eigenvalue weighted by Gasteiger charge is -2.10. The molecule has 0 bridgehead atoms. The number of para-hydroxylation sites is 1. The highest BCUT2D eigenvalue weighted by atomic mass is 15.3. The molecule has 0 spiro atoms. The summed E-state index contributed by atoms with van der Waals surface area (Å²) in [5.41, 5.74) is 7.92. The lowest BCUT2D eigenvalue weighted by molar-refractivity contribution is 1.08. The molecule has 0 aliphatic rings. The lowest BCUT2D eigenvalue weighted by Crippen LogP contribution is -2.09. The number of aryl methyl sites for hydroxylation is 1. The largest absolute Gasteiger partial charge is 0.308 e. The van der Waals surface area contributed by atoms with Crippen LogP contribution in [0.3, 0.4) is 0 Å². The van der Waals surface area contributed by atoms with Crippen LogP contribution in [0.2, 0.25) is 0 Å². The Morgan fingerprint density at radius 2 is 1.71 bits per heavy atom. The number of nitrogens with two attached hydrogens (primary N) is 1. The highest BCUT2D eigenvalue weighted by Crippen LogP contribution is 2.32. The third-order valence-electron chi connectivity index (χ3n) is 4.10. The predicted molar refractivity (Wildman–Crippen MR) is 96.8 cm³/mol. The zero-order valence-corrected chi connectivity index (χ0v) is 13.3. The van der Waals surface area contributed by atoms with Crippen molar-refractivity contribution < 1.29 is 0 Å². The summed E-state index contributed by atoms with van der Waals surface area (Å²) in [5, 5.41) is 0.888. The van der Waals surface area contributed by atoms with Crippen LogP contribution in [0.25, 0.3) is 28.0 Å². The van der Waals surface area contributed by atoms with Crippen LogP contribution in [0.1, 0.15) is 5.56 Å². The van der Waals surface area contributed by atoms with Crippen molar-refractivity contribution in [1.29, 1.82) is 0 Å². The van der Waals surface area contributed by atoms with E-state index in [-0.39, 0.29) is 0 Å². The third-order valence-corrected chi connectivity index (χ3v) is 4.10. The second-order valence-corrected chi connectivity index (χ2v) is 5.67. The van der Waals surface area contributed by atoms with Gasteiger partial charge in [-0.2, -0.15) is 0 Å². The van der Waals surface area contributed by atoms with E-state index >= 15 is 0 Å². The van der Waals surface area contributed by atoms with Gasteiger partial charge in [-0.1, -0.05) is 48.0 Å². The first-order valence-electron chi connectivity index (χ1n) is 7.73. The molecule has 3 N–H and O–H groups in total. The maximum atomic E-state index is 5.62. The van der Waals surface area contributed by atoms with E-state index in [9.17, 15) is 0 Å². The minimum Gasteiger partial charge on any atom is -0.308 e. The van der Waals surface area contributed by atoms with Crippen LogP contribution in [-0.2, 0) is 0 Å². The molecule has 24 heavy (non-hydrogen) atoms. The van der Waals surface area contributed by atoms with Crippen LogP contribution >= 0.6 is 0 Å². The van der Waals surface area contributed by atoms with Crippen LogP contribution in [0.15, 0.2) is 67.0 Å². The molecule has 0 saturated heterocycles. The molecule has 0 aliphatic heterocycles. The van der Waals surface area contributed by atoms with Crippen LogP contribution in [0.4, 0.5) is 5.82 Å². The van der Waals surface area contributed by atoms with E-state index in [1.165, 1.54) is 11.9 Å². The molecule has 0 radical (unpaired) electrons. The van der Waals surface area contributed by atoms with Gasteiger partial charge in [0.05, 0.1) is 11.1 Å². The predicted octanol–water partition coefficient (Wildman–Crippen LogP) is 3.68. The van der Waals surface area contributed by atoms with E-state index in [4.69, 9.17) is 5.84 Å². The number of anilines is 1. The number of rotatable bonds is 3. The summed E-state index contributed by atoms with van der Waals surface area (Å²) in [4.78, 5) is 8.71. The number of nitrogen functional groups attached to an aromatic ring is 1. The maximum Gasteiger partial charge on any atom is 0.152 e. The number of hydrogen-bond acceptors (Lipinski definition) is 4. The molecule has 2 heterocycles. The summed E-state index contributed by atoms with van der Waals surface area (Å²) in [6.07, 6.45) is 1.52. The minimum absolute atomic E-state index is 0.614. The first-order valence-corrected chi connectivity index (χ1v) is 7.73. The van der Waals surface area contributed by atoms with Crippen LogP contribution < -0.4 is 11.3 Å². The van der Waals surface area contributed by atoms with Crippen molar-refractivity contribution in [2.75, 3.05) is 5.43 Å². The number of nitrogens with zero attached hydrogens (tertiary/aromatic N) is 3. The van der Waals surface area contributed by atoms with Gasteiger partial charge in [0.2, 0.25) is 0 Å². The second-order valence-electron chi connectivity index (χ2n) is 5.67. The SMILES string of the molecule is Cc1ccc(-c2cc3c(NN)ncnc3n2-c2ccccc2)cc1. The van der Waals surface area contributed by atoms with Crippen LogP contribution in [0, 0.1) is 6.92 Å². The van der Waals surface area contributed by atoms with Gasteiger partial charge >= 0.3 is 0 Å². The molecule has 0 amide bonds. The number of benzene rings is 2.